The molecule has 0 saturated heterocycles. The maximum atomic E-state index is 12.5. The first-order valence-electron chi connectivity index (χ1n) is 10.5. The zero-order valence-electron chi connectivity index (χ0n) is 18.3. The van der Waals surface area contributed by atoms with Crippen LogP contribution in [-0.4, -0.2) is 38.0 Å². The van der Waals surface area contributed by atoms with Gasteiger partial charge in [0.05, 0.1) is 23.3 Å². The molecule has 31 heavy (non-hydrogen) atoms. The SMILES string of the molecule is CCCCOc1ccc(C2SCC(=O)Nc3c2c(C)nn3-c2nc(C)cc(C)n2)cc1. The largest absolute Gasteiger partial charge is 0.494 e. The van der Waals surface area contributed by atoms with Crippen LogP contribution in [0.3, 0.4) is 0 Å². The predicted octanol–water partition coefficient (Wildman–Crippen LogP) is 4.54. The smallest absolute Gasteiger partial charge is 0.252 e. The van der Waals surface area contributed by atoms with Crippen molar-refractivity contribution in [2.75, 3.05) is 17.7 Å². The molecule has 3 heterocycles. The van der Waals surface area contributed by atoms with E-state index in [1.54, 1.807) is 16.4 Å². The molecule has 3 aromatic rings. The Balaban J connectivity index is 1.73. The van der Waals surface area contributed by atoms with E-state index in [4.69, 9.17) is 9.84 Å². The first-order valence-corrected chi connectivity index (χ1v) is 11.6. The van der Waals surface area contributed by atoms with Gasteiger partial charge in [-0.15, -0.1) is 11.8 Å². The molecule has 1 aliphatic heterocycles. The van der Waals surface area contributed by atoms with Gasteiger partial charge in [-0.25, -0.2) is 9.97 Å². The first kappa shape index (κ1) is 21.4. The number of unbranched alkanes of at least 4 members (excludes halogenated alkanes) is 1. The summed E-state index contributed by atoms with van der Waals surface area (Å²) in [6.45, 7) is 8.68. The van der Waals surface area contributed by atoms with Crippen LogP contribution in [0.25, 0.3) is 5.95 Å². The van der Waals surface area contributed by atoms with Crippen LogP contribution in [0.2, 0.25) is 0 Å². The predicted molar refractivity (Wildman–Crippen MR) is 123 cm³/mol. The molecule has 1 aliphatic rings. The van der Waals surface area contributed by atoms with E-state index in [0.29, 0.717) is 17.5 Å². The number of hydrogen-bond acceptors (Lipinski definition) is 6. The summed E-state index contributed by atoms with van der Waals surface area (Å²) < 4.78 is 7.46. The third kappa shape index (κ3) is 4.58. The molecule has 0 radical (unpaired) electrons. The number of thioether (sulfide) groups is 1. The molecule has 162 valence electrons. The van der Waals surface area contributed by atoms with Gasteiger partial charge in [-0.05, 0) is 51.0 Å². The zero-order chi connectivity index (χ0) is 22.0. The number of benzene rings is 1. The van der Waals surface area contributed by atoms with Crippen molar-refractivity contribution in [3.8, 4) is 11.7 Å². The lowest BCUT2D eigenvalue weighted by Gasteiger charge is -2.16. The molecule has 1 atom stereocenters. The molecule has 0 saturated carbocycles. The monoisotopic (exact) mass is 437 g/mol. The molecule has 4 rings (SSSR count). The van der Waals surface area contributed by atoms with E-state index in [9.17, 15) is 4.79 Å². The van der Waals surface area contributed by atoms with Crippen LogP contribution in [-0.2, 0) is 4.79 Å². The fraction of sp³-hybridized carbons (Fsp3) is 0.391. The quantitative estimate of drug-likeness (QED) is 0.570. The Labute approximate surface area is 186 Å². The summed E-state index contributed by atoms with van der Waals surface area (Å²) in [5.74, 6) is 2.28. The Hall–Kier alpha value is -2.87. The number of fused-ring (bicyclic) bond motifs is 1. The van der Waals surface area contributed by atoms with Gasteiger partial charge in [-0.1, -0.05) is 25.5 Å². The molecule has 7 nitrogen and oxygen atoms in total. The van der Waals surface area contributed by atoms with E-state index in [1.165, 1.54) is 0 Å². The highest BCUT2D eigenvalue weighted by Gasteiger charge is 2.31. The van der Waals surface area contributed by atoms with Gasteiger partial charge in [0.25, 0.3) is 5.95 Å². The summed E-state index contributed by atoms with van der Waals surface area (Å²) in [6.07, 6.45) is 2.14. The first-order chi connectivity index (χ1) is 15.0. The van der Waals surface area contributed by atoms with Crippen LogP contribution in [0, 0.1) is 20.8 Å². The van der Waals surface area contributed by atoms with Crippen molar-refractivity contribution >= 4 is 23.5 Å². The van der Waals surface area contributed by atoms with E-state index < -0.39 is 0 Å². The zero-order valence-corrected chi connectivity index (χ0v) is 19.1. The lowest BCUT2D eigenvalue weighted by atomic mass is 10.0. The topological polar surface area (TPSA) is 81.9 Å². The van der Waals surface area contributed by atoms with Crippen molar-refractivity contribution in [3.05, 3.63) is 58.5 Å². The highest BCUT2D eigenvalue weighted by Crippen LogP contribution is 2.43. The van der Waals surface area contributed by atoms with Crippen molar-refractivity contribution < 1.29 is 9.53 Å². The number of amides is 1. The number of anilines is 1. The van der Waals surface area contributed by atoms with Gasteiger partial charge in [0, 0.05) is 17.0 Å². The van der Waals surface area contributed by atoms with E-state index in [2.05, 4.69) is 34.3 Å². The van der Waals surface area contributed by atoms with E-state index in [1.807, 2.05) is 39.0 Å². The fourth-order valence-electron chi connectivity index (χ4n) is 3.67. The molecule has 0 spiro atoms. The van der Waals surface area contributed by atoms with Gasteiger partial charge in [0.15, 0.2) is 0 Å². The normalized spacial score (nSPS) is 15.9. The van der Waals surface area contributed by atoms with Crippen LogP contribution >= 0.6 is 11.8 Å². The van der Waals surface area contributed by atoms with Gasteiger partial charge in [0.1, 0.15) is 11.6 Å². The number of aryl methyl sites for hydroxylation is 3. The fourth-order valence-corrected chi connectivity index (χ4v) is 4.86. The number of rotatable bonds is 6. The molecule has 8 heteroatoms. The lowest BCUT2D eigenvalue weighted by Crippen LogP contribution is -2.17. The van der Waals surface area contributed by atoms with Crippen molar-refractivity contribution in [3.63, 3.8) is 0 Å². The Morgan fingerprint density at radius 3 is 2.55 bits per heavy atom. The van der Waals surface area contributed by atoms with Gasteiger partial charge in [0.2, 0.25) is 5.91 Å². The minimum Gasteiger partial charge on any atom is -0.494 e. The van der Waals surface area contributed by atoms with Crippen molar-refractivity contribution in [1.29, 1.82) is 0 Å². The Kier molecular flexibility index (Phi) is 6.27. The second-order valence-corrected chi connectivity index (χ2v) is 8.81. The molecular formula is C23H27N5O2S. The average molecular weight is 438 g/mol. The number of carbonyl (C=O) groups is 1. The second-order valence-electron chi connectivity index (χ2n) is 7.72. The van der Waals surface area contributed by atoms with Gasteiger partial charge < -0.3 is 10.1 Å². The number of aromatic nitrogens is 4. The molecule has 0 aliphatic carbocycles. The van der Waals surface area contributed by atoms with Gasteiger partial charge in [-0.3, -0.25) is 4.79 Å². The van der Waals surface area contributed by atoms with Crippen molar-refractivity contribution in [2.45, 2.75) is 45.8 Å². The Morgan fingerprint density at radius 1 is 1.16 bits per heavy atom. The van der Waals surface area contributed by atoms with Crippen LogP contribution < -0.4 is 10.1 Å². The summed E-state index contributed by atoms with van der Waals surface area (Å²) in [5.41, 5.74) is 4.65. The van der Waals surface area contributed by atoms with Crippen LogP contribution in [0.4, 0.5) is 5.82 Å². The number of hydrogen-bond donors (Lipinski definition) is 1. The van der Waals surface area contributed by atoms with E-state index in [-0.39, 0.29) is 11.2 Å². The highest BCUT2D eigenvalue weighted by atomic mass is 32.2. The third-order valence-electron chi connectivity index (χ3n) is 5.12. The molecule has 1 unspecified atom stereocenters. The number of ether oxygens (including phenoxy) is 1. The molecule has 1 amide bonds. The summed E-state index contributed by atoms with van der Waals surface area (Å²) in [7, 11) is 0. The molecule has 0 fully saturated rings. The number of carbonyl (C=O) groups excluding carboxylic acids is 1. The van der Waals surface area contributed by atoms with Gasteiger partial charge in [-0.2, -0.15) is 9.78 Å². The molecule has 0 bridgehead atoms. The van der Waals surface area contributed by atoms with E-state index in [0.717, 1.165) is 53.4 Å². The maximum absolute atomic E-state index is 12.5. The Morgan fingerprint density at radius 2 is 1.87 bits per heavy atom. The minimum absolute atomic E-state index is 0.0294. The summed E-state index contributed by atoms with van der Waals surface area (Å²) in [4.78, 5) is 21.6. The van der Waals surface area contributed by atoms with Crippen molar-refractivity contribution in [2.24, 2.45) is 0 Å². The lowest BCUT2D eigenvalue weighted by molar-refractivity contribution is -0.113. The number of nitrogens with one attached hydrogen (secondary N) is 1. The Bertz CT molecular complexity index is 1070. The van der Waals surface area contributed by atoms with E-state index >= 15 is 0 Å². The molecule has 1 aromatic carbocycles. The minimum atomic E-state index is -0.0567. The van der Waals surface area contributed by atoms with Crippen LogP contribution in [0.15, 0.2) is 30.3 Å². The molecule has 2 aromatic heterocycles. The standard InChI is InChI=1S/C23H27N5O2S/c1-5-6-11-30-18-9-7-17(8-10-18)21-20-16(4)27-28(22(20)26-19(29)13-31-21)23-24-14(2)12-15(3)25-23/h7-10,12,21H,5-6,11,13H2,1-4H3,(H,26,29). The third-order valence-corrected chi connectivity index (χ3v) is 6.39. The molecule has 1 N–H and O–H groups in total. The van der Waals surface area contributed by atoms with Gasteiger partial charge >= 0.3 is 0 Å². The molecular weight excluding hydrogens is 410 g/mol. The van der Waals surface area contributed by atoms with Crippen molar-refractivity contribution in [1.82, 2.24) is 19.7 Å². The summed E-state index contributed by atoms with van der Waals surface area (Å²) >= 11 is 1.60. The maximum Gasteiger partial charge on any atom is 0.252 e. The second kappa shape index (κ2) is 9.09. The highest BCUT2D eigenvalue weighted by molar-refractivity contribution is 8.00. The van der Waals surface area contributed by atoms with Crippen LogP contribution in [0.5, 0.6) is 5.75 Å². The summed E-state index contributed by atoms with van der Waals surface area (Å²) in [5, 5.41) is 7.70. The average Bonchev–Trinajstić information content (AvgIpc) is 2.94. The van der Waals surface area contributed by atoms with Crippen LogP contribution in [0.1, 0.15) is 53.2 Å². The summed E-state index contributed by atoms with van der Waals surface area (Å²) in [6, 6.07) is 10.1. The number of nitrogens with zero attached hydrogens (tertiary/aromatic N) is 4.